The summed E-state index contributed by atoms with van der Waals surface area (Å²) in [6, 6.07) is 9.66. The molecule has 0 saturated carbocycles. The molecule has 2 amide bonds. The van der Waals surface area contributed by atoms with Gasteiger partial charge in [-0.05, 0) is 57.0 Å². The van der Waals surface area contributed by atoms with Crippen molar-refractivity contribution in [2.45, 2.75) is 70.0 Å². The zero-order valence-electron chi connectivity index (χ0n) is 21.1. The largest absolute Gasteiger partial charge is 0.453 e. The van der Waals surface area contributed by atoms with Gasteiger partial charge in [0.2, 0.25) is 0 Å². The van der Waals surface area contributed by atoms with Crippen molar-refractivity contribution in [3.63, 3.8) is 0 Å². The molecule has 0 spiro atoms. The number of methoxy groups -OCH3 is 1. The lowest BCUT2D eigenvalue weighted by Gasteiger charge is -2.40. The smallest absolute Gasteiger partial charge is 0.409 e. The summed E-state index contributed by atoms with van der Waals surface area (Å²) in [4.78, 5) is 42.1. The number of para-hydroxylation sites is 1. The summed E-state index contributed by atoms with van der Waals surface area (Å²) in [6.07, 6.45) is 1.28. The first-order valence-electron chi connectivity index (χ1n) is 12.6. The first kappa shape index (κ1) is 26.1. The minimum Gasteiger partial charge on any atom is -0.453 e. The third-order valence-corrected chi connectivity index (χ3v) is 7.37. The fraction of sp³-hybridized carbons (Fsp3) is 0.577. The Kier molecular flexibility index (Phi) is 7.97. The molecule has 2 saturated heterocycles. The highest BCUT2D eigenvalue weighted by Crippen LogP contribution is 2.35. The zero-order valence-corrected chi connectivity index (χ0v) is 21.1. The molecule has 1 aromatic carbocycles. The lowest BCUT2D eigenvalue weighted by molar-refractivity contribution is -0.0599. The van der Waals surface area contributed by atoms with Gasteiger partial charge in [0.05, 0.1) is 19.2 Å². The molecule has 10 heteroatoms. The van der Waals surface area contributed by atoms with Gasteiger partial charge in [-0.3, -0.25) is 14.5 Å². The predicted molar refractivity (Wildman–Crippen MR) is 135 cm³/mol. The number of aliphatic hydroxyl groups excluding tert-OH is 1. The van der Waals surface area contributed by atoms with Crippen LogP contribution >= 0.6 is 0 Å². The maximum atomic E-state index is 13.2. The molecule has 3 heterocycles. The van der Waals surface area contributed by atoms with Crippen LogP contribution in [0.2, 0.25) is 0 Å². The fourth-order valence-corrected chi connectivity index (χ4v) is 5.80. The van der Waals surface area contributed by atoms with Gasteiger partial charge < -0.3 is 29.7 Å². The number of nitrogens with zero attached hydrogens (tertiary/aromatic N) is 3. The Hall–Kier alpha value is -2.95. The van der Waals surface area contributed by atoms with Gasteiger partial charge in [-0.1, -0.05) is 18.2 Å². The van der Waals surface area contributed by atoms with Crippen molar-refractivity contribution in [1.82, 2.24) is 19.7 Å². The third-order valence-electron chi connectivity index (χ3n) is 7.37. The minimum absolute atomic E-state index is 0.0411. The van der Waals surface area contributed by atoms with E-state index in [1.165, 1.54) is 12.0 Å². The SMILES string of the molecule is COC(=O)N(CCN1[C@@H]2CC[C@H]1C[C@@H](NC(=O)c1cc3ccccc3n(C(C)C)c1=O)C2)CC(O)O. The van der Waals surface area contributed by atoms with E-state index in [0.29, 0.717) is 13.1 Å². The lowest BCUT2D eigenvalue weighted by atomic mass is 9.96. The van der Waals surface area contributed by atoms with E-state index in [1.807, 2.05) is 38.1 Å². The average molecular weight is 501 g/mol. The molecule has 2 aromatic rings. The molecule has 0 unspecified atom stereocenters. The highest BCUT2D eigenvalue weighted by molar-refractivity contribution is 5.97. The van der Waals surface area contributed by atoms with Crippen LogP contribution < -0.4 is 10.9 Å². The van der Waals surface area contributed by atoms with E-state index in [-0.39, 0.29) is 47.7 Å². The first-order valence-corrected chi connectivity index (χ1v) is 12.6. The monoisotopic (exact) mass is 500 g/mol. The van der Waals surface area contributed by atoms with Crippen LogP contribution in [0.25, 0.3) is 10.9 Å². The number of aromatic nitrogens is 1. The molecule has 10 nitrogen and oxygen atoms in total. The van der Waals surface area contributed by atoms with Gasteiger partial charge in [-0.2, -0.15) is 0 Å². The number of benzene rings is 1. The van der Waals surface area contributed by atoms with Crippen molar-refractivity contribution in [3.8, 4) is 0 Å². The predicted octanol–water partition coefficient (Wildman–Crippen LogP) is 1.69. The summed E-state index contributed by atoms with van der Waals surface area (Å²) in [6.45, 7) is 4.56. The van der Waals surface area contributed by atoms with E-state index < -0.39 is 12.4 Å². The summed E-state index contributed by atoms with van der Waals surface area (Å²) >= 11 is 0. The molecule has 2 fully saturated rings. The second kappa shape index (κ2) is 11.0. The molecular formula is C26H36N4O6. The van der Waals surface area contributed by atoms with Gasteiger partial charge in [0.15, 0.2) is 6.29 Å². The van der Waals surface area contributed by atoms with Gasteiger partial charge in [0, 0.05) is 37.3 Å². The molecule has 1 aromatic heterocycles. The van der Waals surface area contributed by atoms with Gasteiger partial charge in [-0.25, -0.2) is 4.79 Å². The van der Waals surface area contributed by atoms with Gasteiger partial charge in [-0.15, -0.1) is 0 Å². The Balaban J connectivity index is 1.43. The Morgan fingerprint density at radius 3 is 2.44 bits per heavy atom. The molecule has 0 aliphatic carbocycles. The standard InChI is InChI=1S/C26H36N4O6/c1-16(2)30-22-7-5-4-6-17(22)12-21(25(30)34)24(33)27-18-13-19-8-9-20(14-18)29(19)11-10-28(15-23(31)32)26(35)36-3/h4-7,12,16,18-20,23,31-32H,8-11,13-15H2,1-3H3,(H,27,33)/t18-,19+,20-. The van der Waals surface area contributed by atoms with Gasteiger partial charge >= 0.3 is 6.09 Å². The van der Waals surface area contributed by atoms with Crippen LogP contribution in [0.3, 0.4) is 0 Å². The Bertz CT molecular complexity index is 1150. The van der Waals surface area contributed by atoms with Crippen LogP contribution in [0, 0.1) is 0 Å². The fourth-order valence-electron chi connectivity index (χ4n) is 5.80. The van der Waals surface area contributed by atoms with Crippen molar-refractivity contribution >= 4 is 22.9 Å². The van der Waals surface area contributed by atoms with Crippen molar-refractivity contribution < 1.29 is 24.5 Å². The topological polar surface area (TPSA) is 124 Å². The Labute approximate surface area is 210 Å². The van der Waals surface area contributed by atoms with Crippen LogP contribution in [0.1, 0.15) is 55.9 Å². The number of aliphatic hydroxyl groups is 2. The number of fused-ring (bicyclic) bond motifs is 3. The summed E-state index contributed by atoms with van der Waals surface area (Å²) < 4.78 is 6.43. The maximum Gasteiger partial charge on any atom is 0.409 e. The number of nitrogens with one attached hydrogen (secondary N) is 1. The van der Waals surface area contributed by atoms with Gasteiger partial charge in [0.1, 0.15) is 5.56 Å². The Morgan fingerprint density at radius 1 is 1.17 bits per heavy atom. The Morgan fingerprint density at radius 2 is 1.83 bits per heavy atom. The molecule has 2 aliphatic rings. The number of carbonyl (C=O) groups excluding carboxylic acids is 2. The second-order valence-electron chi connectivity index (χ2n) is 10.0. The van der Waals surface area contributed by atoms with E-state index >= 15 is 0 Å². The quantitative estimate of drug-likeness (QED) is 0.471. The summed E-state index contributed by atoms with van der Waals surface area (Å²) in [5.74, 6) is -0.341. The molecule has 2 aliphatic heterocycles. The van der Waals surface area contributed by atoms with E-state index in [1.54, 1.807) is 10.6 Å². The van der Waals surface area contributed by atoms with Crippen LogP contribution in [-0.4, -0.2) is 87.7 Å². The number of rotatable bonds is 8. The number of carbonyl (C=O) groups is 2. The molecule has 36 heavy (non-hydrogen) atoms. The average Bonchev–Trinajstić information content (AvgIpc) is 3.07. The van der Waals surface area contributed by atoms with Crippen LogP contribution in [-0.2, 0) is 4.74 Å². The molecule has 3 N–H and O–H groups in total. The van der Waals surface area contributed by atoms with Crippen molar-refractivity contribution in [2.75, 3.05) is 26.7 Å². The molecule has 196 valence electrons. The molecular weight excluding hydrogens is 464 g/mol. The van der Waals surface area contributed by atoms with Crippen molar-refractivity contribution in [2.24, 2.45) is 0 Å². The third kappa shape index (κ3) is 5.40. The minimum atomic E-state index is -1.63. The number of hydrogen-bond donors (Lipinski definition) is 3. The van der Waals surface area contributed by atoms with Crippen LogP contribution in [0.5, 0.6) is 0 Å². The molecule has 3 atom stereocenters. The van der Waals surface area contributed by atoms with E-state index in [9.17, 15) is 24.6 Å². The maximum absolute atomic E-state index is 13.2. The van der Waals surface area contributed by atoms with E-state index in [2.05, 4.69) is 10.2 Å². The van der Waals surface area contributed by atoms with Crippen molar-refractivity contribution in [1.29, 1.82) is 0 Å². The number of ether oxygens (including phenoxy) is 1. The molecule has 2 bridgehead atoms. The van der Waals surface area contributed by atoms with E-state index in [4.69, 9.17) is 4.74 Å². The normalized spacial score (nSPS) is 21.8. The number of amides is 2. The highest BCUT2D eigenvalue weighted by Gasteiger charge is 2.41. The van der Waals surface area contributed by atoms with E-state index in [0.717, 1.165) is 36.6 Å². The first-order chi connectivity index (χ1) is 17.2. The number of hydrogen-bond acceptors (Lipinski definition) is 7. The van der Waals surface area contributed by atoms with Crippen LogP contribution in [0.4, 0.5) is 4.79 Å². The van der Waals surface area contributed by atoms with Gasteiger partial charge in [0.25, 0.3) is 11.5 Å². The summed E-state index contributed by atoms with van der Waals surface area (Å²) in [5.41, 5.74) is 0.694. The second-order valence-corrected chi connectivity index (χ2v) is 10.0. The summed E-state index contributed by atoms with van der Waals surface area (Å²) in [7, 11) is 1.27. The lowest BCUT2D eigenvalue weighted by Crippen LogP contribution is -2.53. The number of piperidine rings is 1. The molecule has 4 rings (SSSR count). The number of pyridine rings is 1. The van der Waals surface area contributed by atoms with Crippen molar-refractivity contribution in [3.05, 3.63) is 46.2 Å². The summed E-state index contributed by atoms with van der Waals surface area (Å²) in [5, 5.41) is 22.5. The molecule has 0 radical (unpaired) electrons. The zero-order chi connectivity index (χ0) is 26.0. The van der Waals surface area contributed by atoms with Crippen LogP contribution in [0.15, 0.2) is 35.1 Å². The highest BCUT2D eigenvalue weighted by atomic mass is 16.5.